The maximum atomic E-state index is 14.3. The highest BCUT2D eigenvalue weighted by molar-refractivity contribution is 6.31. The lowest BCUT2D eigenvalue weighted by molar-refractivity contribution is -0.126. The van der Waals surface area contributed by atoms with Crippen LogP contribution in [0.1, 0.15) is 24.3 Å². The molecule has 2 saturated heterocycles. The highest BCUT2D eigenvalue weighted by Crippen LogP contribution is 2.59. The van der Waals surface area contributed by atoms with Gasteiger partial charge in [0, 0.05) is 26.9 Å². The number of nitrogens with zero attached hydrogens (tertiary/aromatic N) is 2. The average molecular weight is 638 g/mol. The van der Waals surface area contributed by atoms with Gasteiger partial charge in [0.15, 0.2) is 0 Å². The van der Waals surface area contributed by atoms with Crippen LogP contribution in [0.3, 0.4) is 0 Å². The van der Waals surface area contributed by atoms with Gasteiger partial charge in [-0.15, -0.1) is 0 Å². The van der Waals surface area contributed by atoms with Crippen LogP contribution in [0, 0.1) is 29.6 Å². The predicted molar refractivity (Wildman–Crippen MR) is 171 cm³/mol. The molecular formula is C36H26Cl2N2O5. The molecule has 6 atom stereocenters. The number of carbonyl (C=O) groups is 4. The van der Waals surface area contributed by atoms with Crippen molar-refractivity contribution < 1.29 is 24.3 Å². The molecule has 6 unspecified atom stereocenters. The molecule has 1 saturated carbocycles. The Kier molecular flexibility index (Phi) is 6.41. The molecule has 7 nitrogen and oxygen atoms in total. The van der Waals surface area contributed by atoms with Crippen LogP contribution < -0.4 is 9.80 Å². The topological polar surface area (TPSA) is 95.0 Å². The fraction of sp³-hybridized carbons (Fsp3) is 0.222. The molecule has 0 spiro atoms. The van der Waals surface area contributed by atoms with E-state index in [1.807, 2.05) is 42.5 Å². The number of phenols is 1. The number of fused-ring (bicyclic) bond motifs is 5. The monoisotopic (exact) mass is 636 g/mol. The van der Waals surface area contributed by atoms with Gasteiger partial charge in [-0.2, -0.15) is 0 Å². The van der Waals surface area contributed by atoms with Gasteiger partial charge in [-0.3, -0.25) is 29.0 Å². The second kappa shape index (κ2) is 10.3. The van der Waals surface area contributed by atoms with Crippen molar-refractivity contribution in [3.63, 3.8) is 0 Å². The number of allylic oxidation sites excluding steroid dienone is 2. The summed E-state index contributed by atoms with van der Waals surface area (Å²) < 4.78 is 0. The van der Waals surface area contributed by atoms with Crippen LogP contribution >= 0.6 is 23.2 Å². The quantitative estimate of drug-likeness (QED) is 0.195. The van der Waals surface area contributed by atoms with Gasteiger partial charge in [0.05, 0.1) is 35.0 Å². The first kappa shape index (κ1) is 28.0. The van der Waals surface area contributed by atoms with Gasteiger partial charge >= 0.3 is 0 Å². The fourth-order valence-electron chi connectivity index (χ4n) is 8.15. The Bertz CT molecular complexity index is 1970. The summed E-state index contributed by atoms with van der Waals surface area (Å²) in [5, 5.41) is 14.1. The van der Waals surface area contributed by atoms with Crippen molar-refractivity contribution in [2.45, 2.75) is 18.8 Å². The molecule has 45 heavy (non-hydrogen) atoms. The minimum Gasteiger partial charge on any atom is -0.507 e. The van der Waals surface area contributed by atoms with E-state index in [-0.39, 0.29) is 35.8 Å². The highest BCUT2D eigenvalue weighted by atomic mass is 35.5. The Morgan fingerprint density at radius 2 is 1.20 bits per heavy atom. The Balaban J connectivity index is 1.27. The third kappa shape index (κ3) is 4.10. The summed E-state index contributed by atoms with van der Waals surface area (Å²) in [6.07, 6.45) is 2.53. The molecule has 0 bridgehead atoms. The molecule has 8 rings (SSSR count). The molecule has 4 amide bonds. The number of anilines is 2. The summed E-state index contributed by atoms with van der Waals surface area (Å²) in [5.41, 5.74) is 2.22. The molecule has 2 aliphatic carbocycles. The van der Waals surface area contributed by atoms with Crippen molar-refractivity contribution in [3.05, 3.63) is 112 Å². The lowest BCUT2D eigenvalue weighted by Crippen LogP contribution is -2.43. The molecule has 3 fully saturated rings. The molecule has 4 aromatic rings. The van der Waals surface area contributed by atoms with Crippen LogP contribution in [0.2, 0.25) is 10.0 Å². The smallest absolute Gasteiger partial charge is 0.238 e. The largest absolute Gasteiger partial charge is 0.507 e. The first-order chi connectivity index (χ1) is 21.7. The molecule has 2 heterocycles. The average Bonchev–Trinajstić information content (AvgIpc) is 3.45. The molecule has 224 valence electrons. The van der Waals surface area contributed by atoms with E-state index in [2.05, 4.69) is 0 Å². The van der Waals surface area contributed by atoms with Crippen molar-refractivity contribution in [1.82, 2.24) is 0 Å². The summed E-state index contributed by atoms with van der Waals surface area (Å²) in [4.78, 5) is 58.8. The third-order valence-corrected chi connectivity index (χ3v) is 10.6. The maximum absolute atomic E-state index is 14.3. The number of aromatic hydroxyl groups is 1. The zero-order chi connectivity index (χ0) is 31.1. The van der Waals surface area contributed by atoms with Crippen molar-refractivity contribution in [1.29, 1.82) is 0 Å². The summed E-state index contributed by atoms with van der Waals surface area (Å²) >= 11 is 12.2. The molecule has 9 heteroatoms. The molecule has 2 aliphatic heterocycles. The summed E-state index contributed by atoms with van der Waals surface area (Å²) in [5.74, 6) is -5.26. The first-order valence-electron chi connectivity index (χ1n) is 14.9. The van der Waals surface area contributed by atoms with E-state index in [1.165, 1.54) is 9.80 Å². The van der Waals surface area contributed by atoms with Crippen molar-refractivity contribution in [3.8, 4) is 5.75 Å². The van der Waals surface area contributed by atoms with Crippen molar-refractivity contribution in [2.75, 3.05) is 9.80 Å². The van der Waals surface area contributed by atoms with Crippen LogP contribution in [0.15, 0.2) is 96.6 Å². The summed E-state index contributed by atoms with van der Waals surface area (Å²) in [6.45, 7) is 0. The van der Waals surface area contributed by atoms with Crippen LogP contribution in [0.5, 0.6) is 5.75 Å². The van der Waals surface area contributed by atoms with E-state index in [0.29, 0.717) is 38.8 Å². The van der Waals surface area contributed by atoms with Crippen molar-refractivity contribution in [2.24, 2.45) is 29.6 Å². The number of amides is 4. The Morgan fingerprint density at radius 1 is 0.622 bits per heavy atom. The standard InChI is InChI=1S/C36H26Cl2N2O5/c37-19-6-10-21(11-7-19)39-33(42)26-16-15-24-27(30(26)35(39)44)17-28-31(36(45)40(34(28)43)22-12-8-20(38)9-13-22)29(24)25-14-5-18-3-1-2-4-23(18)32(25)41/h1-15,26-31,41H,16-17H2. The first-order valence-corrected chi connectivity index (χ1v) is 15.7. The number of rotatable bonds is 3. The Hall–Kier alpha value is -4.46. The second-order valence-corrected chi connectivity index (χ2v) is 13.1. The number of phenolic OH excluding ortho intramolecular Hbond substituents is 1. The normalized spacial score (nSPS) is 27.5. The Morgan fingerprint density at radius 3 is 1.84 bits per heavy atom. The highest BCUT2D eigenvalue weighted by Gasteiger charge is 2.62. The molecule has 4 aromatic carbocycles. The van der Waals surface area contributed by atoms with Crippen LogP contribution in [-0.2, 0) is 19.2 Å². The zero-order valence-electron chi connectivity index (χ0n) is 23.8. The van der Waals surface area contributed by atoms with Gasteiger partial charge < -0.3 is 5.11 Å². The molecule has 0 radical (unpaired) electrons. The maximum Gasteiger partial charge on any atom is 0.238 e. The molecule has 1 N–H and O–H groups in total. The van der Waals surface area contributed by atoms with Gasteiger partial charge in [-0.25, -0.2) is 0 Å². The van der Waals surface area contributed by atoms with E-state index in [0.717, 1.165) is 11.0 Å². The lowest BCUT2D eigenvalue weighted by Gasteiger charge is -2.44. The third-order valence-electron chi connectivity index (χ3n) is 10.1. The van der Waals surface area contributed by atoms with Crippen LogP contribution in [0.4, 0.5) is 11.4 Å². The second-order valence-electron chi connectivity index (χ2n) is 12.2. The molecule has 4 aliphatic rings. The van der Waals surface area contributed by atoms with Crippen LogP contribution in [-0.4, -0.2) is 28.7 Å². The SMILES string of the molecule is O=C1C2CC=C3C(CC4C(=O)N(c5ccc(Cl)cc5)C(=O)C4C3c3ccc4ccccc4c3O)C2C(=O)N1c1ccc(Cl)cc1. The summed E-state index contributed by atoms with van der Waals surface area (Å²) in [7, 11) is 0. The number of hydrogen-bond donors (Lipinski definition) is 1. The van der Waals surface area contributed by atoms with E-state index < -0.39 is 35.5 Å². The van der Waals surface area contributed by atoms with E-state index in [4.69, 9.17) is 23.2 Å². The van der Waals surface area contributed by atoms with Crippen LogP contribution in [0.25, 0.3) is 10.8 Å². The molecule has 0 aromatic heterocycles. The number of benzene rings is 4. The van der Waals surface area contributed by atoms with Gasteiger partial charge in [-0.1, -0.05) is 71.2 Å². The van der Waals surface area contributed by atoms with Gasteiger partial charge in [0.2, 0.25) is 23.6 Å². The minimum absolute atomic E-state index is 0.0438. The zero-order valence-corrected chi connectivity index (χ0v) is 25.3. The number of carbonyl (C=O) groups excluding carboxylic acids is 4. The lowest BCUT2D eigenvalue weighted by atomic mass is 9.57. The summed E-state index contributed by atoms with van der Waals surface area (Å²) in [6, 6.07) is 24.3. The van der Waals surface area contributed by atoms with Gasteiger partial charge in [0.25, 0.3) is 0 Å². The number of imide groups is 2. The van der Waals surface area contributed by atoms with E-state index >= 15 is 0 Å². The number of halogens is 2. The minimum atomic E-state index is -0.793. The molecular weight excluding hydrogens is 611 g/mol. The number of hydrogen-bond acceptors (Lipinski definition) is 5. The van der Waals surface area contributed by atoms with Crippen molar-refractivity contribution >= 4 is 69.0 Å². The van der Waals surface area contributed by atoms with E-state index in [9.17, 15) is 24.3 Å². The Labute approximate surface area is 268 Å². The van der Waals surface area contributed by atoms with Gasteiger partial charge in [0.1, 0.15) is 5.75 Å². The fourth-order valence-corrected chi connectivity index (χ4v) is 8.40. The van der Waals surface area contributed by atoms with E-state index in [1.54, 1.807) is 48.5 Å². The predicted octanol–water partition coefficient (Wildman–Crippen LogP) is 6.90. The van der Waals surface area contributed by atoms with Gasteiger partial charge in [-0.05, 0) is 72.7 Å².